The lowest BCUT2D eigenvalue weighted by Gasteiger charge is -1.91. The van der Waals surface area contributed by atoms with Crippen molar-refractivity contribution in [1.29, 1.82) is 5.26 Å². The average molecular weight is 214 g/mol. The topological polar surface area (TPSA) is 93.9 Å². The zero-order valence-electron chi connectivity index (χ0n) is 8.02. The second-order valence-corrected chi connectivity index (χ2v) is 3.22. The molecule has 2 N–H and O–H groups in total. The number of hydrogen-bond donors (Lipinski definition) is 2. The van der Waals surface area contributed by atoms with E-state index in [1.807, 2.05) is 6.07 Å². The summed E-state index contributed by atoms with van der Waals surface area (Å²) in [6.45, 7) is 0. The van der Waals surface area contributed by atoms with E-state index < -0.39 is 16.7 Å². The number of nitrogens with one attached hydrogen (secondary N) is 1. The van der Waals surface area contributed by atoms with Crippen molar-refractivity contribution in [2.24, 2.45) is 0 Å². The lowest BCUT2D eigenvalue weighted by Crippen LogP contribution is -2.00. The Labute approximate surface area is 89.2 Å². The van der Waals surface area contributed by atoms with Gasteiger partial charge in [-0.3, -0.25) is 9.59 Å². The number of aromatic amines is 1. The van der Waals surface area contributed by atoms with E-state index in [1.165, 1.54) is 18.2 Å². The number of nitrogens with zero attached hydrogens (tertiary/aromatic N) is 1. The maximum absolute atomic E-state index is 11.5. The van der Waals surface area contributed by atoms with Crippen LogP contribution in [-0.4, -0.2) is 10.1 Å². The number of benzene rings is 1. The van der Waals surface area contributed by atoms with Crippen LogP contribution in [0.4, 0.5) is 0 Å². The maximum atomic E-state index is 11.5. The minimum Gasteiger partial charge on any atom is -0.503 e. The summed E-state index contributed by atoms with van der Waals surface area (Å²) in [5, 5.41) is 18.1. The molecule has 0 fully saturated rings. The van der Waals surface area contributed by atoms with Crippen molar-refractivity contribution in [3.63, 3.8) is 0 Å². The van der Waals surface area contributed by atoms with Gasteiger partial charge >= 0.3 is 0 Å². The van der Waals surface area contributed by atoms with Crippen molar-refractivity contribution in [3.8, 4) is 11.8 Å². The van der Waals surface area contributed by atoms with Gasteiger partial charge in [-0.15, -0.1) is 0 Å². The summed E-state index contributed by atoms with van der Waals surface area (Å²) in [6.07, 6.45) is 0. The maximum Gasteiger partial charge on any atom is 0.290 e. The number of hydrogen-bond acceptors (Lipinski definition) is 4. The highest BCUT2D eigenvalue weighted by molar-refractivity contribution is 5.79. The van der Waals surface area contributed by atoms with E-state index in [-0.39, 0.29) is 10.9 Å². The molecule has 0 amide bonds. The molecule has 5 heteroatoms. The van der Waals surface area contributed by atoms with E-state index in [1.54, 1.807) is 0 Å². The Hall–Kier alpha value is -2.61. The van der Waals surface area contributed by atoms with Crippen LogP contribution in [0.5, 0.6) is 5.75 Å². The Balaban J connectivity index is 3.06. The number of fused-ring (bicyclic) bond motifs is 1. The van der Waals surface area contributed by atoms with Crippen molar-refractivity contribution in [2.45, 2.75) is 0 Å². The highest BCUT2D eigenvalue weighted by Gasteiger charge is 2.02. The first kappa shape index (κ1) is 9.93. The first-order chi connectivity index (χ1) is 7.61. The van der Waals surface area contributed by atoms with Crippen LogP contribution in [0, 0.1) is 11.3 Å². The third-order valence-corrected chi connectivity index (χ3v) is 2.16. The molecule has 1 aromatic carbocycles. The molecule has 0 unspecified atom stereocenters. The first-order valence-corrected chi connectivity index (χ1v) is 4.42. The van der Waals surface area contributed by atoms with Crippen molar-refractivity contribution in [2.75, 3.05) is 0 Å². The molecule has 5 nitrogen and oxygen atoms in total. The molecule has 0 bridgehead atoms. The van der Waals surface area contributed by atoms with Gasteiger partial charge in [0.25, 0.3) is 5.56 Å². The molecule has 1 heterocycles. The van der Waals surface area contributed by atoms with Crippen LogP contribution in [-0.2, 0) is 0 Å². The normalized spacial score (nSPS) is 9.94. The molecule has 16 heavy (non-hydrogen) atoms. The summed E-state index contributed by atoms with van der Waals surface area (Å²) < 4.78 is 0. The van der Waals surface area contributed by atoms with Gasteiger partial charge in [0.05, 0.1) is 17.1 Å². The highest BCUT2D eigenvalue weighted by atomic mass is 16.3. The van der Waals surface area contributed by atoms with E-state index in [9.17, 15) is 14.7 Å². The van der Waals surface area contributed by atoms with Crippen molar-refractivity contribution in [1.82, 2.24) is 4.98 Å². The van der Waals surface area contributed by atoms with E-state index in [2.05, 4.69) is 4.98 Å². The lowest BCUT2D eigenvalue weighted by molar-refractivity contribution is 0.468. The molecule has 2 aromatic rings. The Bertz CT molecular complexity index is 726. The zero-order chi connectivity index (χ0) is 11.7. The fraction of sp³-hybridized carbons (Fsp3) is 0. The molecular formula is C11H6N2O3. The largest absolute Gasteiger partial charge is 0.503 e. The summed E-state index contributed by atoms with van der Waals surface area (Å²) >= 11 is 0. The van der Waals surface area contributed by atoms with Gasteiger partial charge in [0.1, 0.15) is 0 Å². The molecule has 1 aromatic heterocycles. The number of nitriles is 1. The van der Waals surface area contributed by atoms with E-state index in [4.69, 9.17) is 5.26 Å². The van der Waals surface area contributed by atoms with Gasteiger partial charge in [-0.2, -0.15) is 5.26 Å². The Morgan fingerprint density at radius 1 is 1.25 bits per heavy atom. The van der Waals surface area contributed by atoms with Crippen molar-refractivity contribution in [3.05, 3.63) is 50.4 Å². The Kier molecular flexibility index (Phi) is 2.18. The van der Waals surface area contributed by atoms with Gasteiger partial charge in [0.2, 0.25) is 0 Å². The molecule has 2 rings (SSSR count). The highest BCUT2D eigenvalue weighted by Crippen LogP contribution is 2.08. The predicted molar refractivity (Wildman–Crippen MR) is 57.2 cm³/mol. The molecule has 0 aliphatic heterocycles. The fourth-order valence-electron chi connectivity index (χ4n) is 1.39. The molecule has 0 saturated carbocycles. The summed E-state index contributed by atoms with van der Waals surface area (Å²) in [5.74, 6) is -0.639. The van der Waals surface area contributed by atoms with Gasteiger partial charge in [0.15, 0.2) is 11.2 Å². The average Bonchev–Trinajstić information content (AvgIpc) is 2.37. The zero-order valence-corrected chi connectivity index (χ0v) is 8.02. The molecule has 0 radical (unpaired) electrons. The van der Waals surface area contributed by atoms with Gasteiger partial charge in [0, 0.05) is 11.5 Å². The van der Waals surface area contributed by atoms with Crippen molar-refractivity contribution >= 4 is 10.9 Å². The number of H-pyrrole nitrogens is 1. The standard InChI is InChI=1S/C11H6N2O3/c12-5-6-1-2-7-8(3-6)13-11(16)10(15)4-9(7)14/h1-4,15H,(H,13,16). The number of rotatable bonds is 0. The minimum atomic E-state index is -0.762. The Morgan fingerprint density at radius 3 is 2.69 bits per heavy atom. The van der Waals surface area contributed by atoms with Gasteiger partial charge < -0.3 is 10.1 Å². The van der Waals surface area contributed by atoms with Crippen LogP contribution >= 0.6 is 0 Å². The molecule has 0 spiro atoms. The van der Waals surface area contributed by atoms with Crippen LogP contribution in [0.1, 0.15) is 5.56 Å². The number of aromatic nitrogens is 1. The minimum absolute atomic E-state index is 0.231. The Morgan fingerprint density at radius 2 is 2.00 bits per heavy atom. The second-order valence-electron chi connectivity index (χ2n) is 3.22. The van der Waals surface area contributed by atoms with E-state index >= 15 is 0 Å². The third kappa shape index (κ3) is 1.53. The summed E-state index contributed by atoms with van der Waals surface area (Å²) in [7, 11) is 0. The molecule has 0 aliphatic rings. The van der Waals surface area contributed by atoms with Gasteiger partial charge in [-0.05, 0) is 18.2 Å². The van der Waals surface area contributed by atoms with Crippen LogP contribution in [0.3, 0.4) is 0 Å². The molecule has 0 aliphatic carbocycles. The molecular weight excluding hydrogens is 208 g/mol. The fourth-order valence-corrected chi connectivity index (χ4v) is 1.39. The van der Waals surface area contributed by atoms with Gasteiger partial charge in [-0.1, -0.05) is 0 Å². The monoisotopic (exact) mass is 214 g/mol. The van der Waals surface area contributed by atoms with E-state index in [0.717, 1.165) is 6.07 Å². The van der Waals surface area contributed by atoms with Crippen LogP contribution in [0.15, 0.2) is 33.9 Å². The SMILES string of the molecule is N#Cc1ccc2c(=O)cc(O)c(=O)[nH]c2c1. The molecule has 78 valence electrons. The van der Waals surface area contributed by atoms with Gasteiger partial charge in [-0.25, -0.2) is 0 Å². The first-order valence-electron chi connectivity index (χ1n) is 4.42. The number of aromatic hydroxyl groups is 1. The predicted octanol–water partition coefficient (Wildman–Crippen LogP) is 0.466. The third-order valence-electron chi connectivity index (χ3n) is 2.16. The second kappa shape index (κ2) is 3.51. The quantitative estimate of drug-likeness (QED) is 0.666. The summed E-state index contributed by atoms with van der Waals surface area (Å²) in [4.78, 5) is 25.2. The van der Waals surface area contributed by atoms with Crippen LogP contribution in [0.25, 0.3) is 10.9 Å². The van der Waals surface area contributed by atoms with E-state index in [0.29, 0.717) is 5.56 Å². The molecule has 0 atom stereocenters. The van der Waals surface area contributed by atoms with Crippen LogP contribution < -0.4 is 11.0 Å². The lowest BCUT2D eigenvalue weighted by atomic mass is 10.1. The summed E-state index contributed by atoms with van der Waals surface area (Å²) in [5.41, 5.74) is -0.680. The van der Waals surface area contributed by atoms with Crippen LogP contribution in [0.2, 0.25) is 0 Å². The summed E-state index contributed by atoms with van der Waals surface area (Å²) in [6, 6.07) is 7.04. The molecule has 0 saturated heterocycles. The smallest absolute Gasteiger partial charge is 0.290 e. The van der Waals surface area contributed by atoms with Crippen molar-refractivity contribution < 1.29 is 5.11 Å².